The summed E-state index contributed by atoms with van der Waals surface area (Å²) in [5.74, 6) is -0.0339. The van der Waals surface area contributed by atoms with Crippen LogP contribution in [0.4, 0.5) is 0 Å². The molecule has 0 spiro atoms. The van der Waals surface area contributed by atoms with Crippen LogP contribution in [0, 0.1) is 0 Å². The van der Waals surface area contributed by atoms with Crippen LogP contribution in [0.1, 0.15) is 30.5 Å². The Morgan fingerprint density at radius 1 is 0.857 bits per heavy atom. The van der Waals surface area contributed by atoms with Crippen LogP contribution in [-0.4, -0.2) is 16.6 Å². The van der Waals surface area contributed by atoms with Gasteiger partial charge in [0.15, 0.2) is 0 Å². The van der Waals surface area contributed by atoms with Crippen LogP contribution in [0.25, 0.3) is 21.5 Å². The quantitative estimate of drug-likeness (QED) is 0.421. The molecule has 0 saturated carbocycles. The Kier molecular flexibility index (Phi) is 3.94. The maximum Gasteiger partial charge on any atom is 0.240 e. The van der Waals surface area contributed by atoms with E-state index in [0.29, 0.717) is 6.42 Å². The molecule has 0 saturated heterocycles. The van der Waals surface area contributed by atoms with Gasteiger partial charge in [0.25, 0.3) is 0 Å². The molecule has 0 N–H and O–H groups in total. The van der Waals surface area contributed by atoms with E-state index >= 15 is 0 Å². The fourth-order valence-corrected chi connectivity index (χ4v) is 4.21. The van der Waals surface area contributed by atoms with Crippen molar-refractivity contribution in [3.63, 3.8) is 0 Å². The minimum absolute atomic E-state index is 0.0339. The summed E-state index contributed by atoms with van der Waals surface area (Å²) in [6, 6.07) is 29.1. The van der Waals surface area contributed by atoms with Crippen LogP contribution in [0.3, 0.4) is 0 Å². The van der Waals surface area contributed by atoms with Crippen LogP contribution in [-0.2, 0) is 4.79 Å². The lowest BCUT2D eigenvalue weighted by molar-refractivity contribution is -0.130. The standard InChI is InChI=1S/C25H20N2O/c1-17(28)27-24(18-9-3-2-4-10-18)16-23(26-27)25-21-13-7-5-11-19(21)15-20-12-6-8-14-22(20)25/h2-15,24H,16H2,1H3. The summed E-state index contributed by atoms with van der Waals surface area (Å²) < 4.78 is 0. The number of hydrogen-bond donors (Lipinski definition) is 0. The fourth-order valence-electron chi connectivity index (χ4n) is 4.21. The molecule has 0 fully saturated rings. The summed E-state index contributed by atoms with van der Waals surface area (Å²) in [4.78, 5) is 12.4. The maximum absolute atomic E-state index is 12.4. The number of rotatable bonds is 2. The molecule has 0 radical (unpaired) electrons. The van der Waals surface area contributed by atoms with Gasteiger partial charge in [-0.25, -0.2) is 5.01 Å². The Hall–Kier alpha value is -3.46. The number of nitrogens with zero attached hydrogens (tertiary/aromatic N) is 2. The zero-order valence-electron chi connectivity index (χ0n) is 15.7. The van der Waals surface area contributed by atoms with Gasteiger partial charge in [0.2, 0.25) is 5.91 Å². The number of hydrogen-bond acceptors (Lipinski definition) is 2. The van der Waals surface area contributed by atoms with Crippen molar-refractivity contribution in [1.29, 1.82) is 0 Å². The second kappa shape index (κ2) is 6.61. The summed E-state index contributed by atoms with van der Waals surface area (Å²) >= 11 is 0. The molecule has 0 bridgehead atoms. The van der Waals surface area contributed by atoms with Gasteiger partial charge >= 0.3 is 0 Å². The highest BCUT2D eigenvalue weighted by Gasteiger charge is 2.32. The monoisotopic (exact) mass is 364 g/mol. The van der Waals surface area contributed by atoms with E-state index in [2.05, 4.69) is 66.7 Å². The molecule has 4 aromatic carbocycles. The van der Waals surface area contributed by atoms with Crippen molar-refractivity contribution in [2.75, 3.05) is 0 Å². The lowest BCUT2D eigenvalue weighted by Gasteiger charge is -2.20. The minimum atomic E-state index is -0.0635. The normalized spacial score (nSPS) is 16.5. The first-order chi connectivity index (χ1) is 13.7. The number of carbonyl (C=O) groups is 1. The van der Waals surface area contributed by atoms with Gasteiger partial charge in [0.1, 0.15) is 0 Å². The molecule has 3 nitrogen and oxygen atoms in total. The smallest absolute Gasteiger partial charge is 0.240 e. The Balaban J connectivity index is 1.73. The van der Waals surface area contributed by atoms with E-state index in [1.165, 1.54) is 21.5 Å². The number of hydrazone groups is 1. The highest BCUT2D eigenvalue weighted by Crippen LogP contribution is 2.37. The first-order valence-electron chi connectivity index (χ1n) is 9.55. The Bertz CT molecular complexity index is 1170. The molecule has 4 aromatic rings. The average molecular weight is 364 g/mol. The van der Waals surface area contributed by atoms with Crippen molar-refractivity contribution in [3.8, 4) is 0 Å². The Morgan fingerprint density at radius 3 is 2.04 bits per heavy atom. The van der Waals surface area contributed by atoms with Crippen molar-refractivity contribution in [2.24, 2.45) is 5.10 Å². The minimum Gasteiger partial charge on any atom is -0.273 e. The van der Waals surface area contributed by atoms with Gasteiger partial charge in [0, 0.05) is 18.9 Å². The number of amides is 1. The van der Waals surface area contributed by atoms with Gasteiger partial charge in [-0.3, -0.25) is 4.79 Å². The van der Waals surface area contributed by atoms with Crippen LogP contribution in [0.2, 0.25) is 0 Å². The van der Waals surface area contributed by atoms with E-state index in [0.717, 1.165) is 16.8 Å². The lowest BCUT2D eigenvalue weighted by atomic mass is 9.91. The summed E-state index contributed by atoms with van der Waals surface area (Å²) in [5, 5.41) is 11.2. The second-order valence-electron chi connectivity index (χ2n) is 7.23. The summed E-state index contributed by atoms with van der Waals surface area (Å²) in [5.41, 5.74) is 3.22. The zero-order valence-corrected chi connectivity index (χ0v) is 15.7. The van der Waals surface area contributed by atoms with Gasteiger partial charge in [0.05, 0.1) is 11.8 Å². The first-order valence-corrected chi connectivity index (χ1v) is 9.55. The highest BCUT2D eigenvalue weighted by atomic mass is 16.2. The fraction of sp³-hybridized carbons (Fsp3) is 0.120. The third-order valence-corrected chi connectivity index (χ3v) is 5.48. The molecular formula is C25H20N2O. The van der Waals surface area contributed by atoms with Crippen molar-refractivity contribution in [2.45, 2.75) is 19.4 Å². The maximum atomic E-state index is 12.4. The molecule has 1 amide bonds. The molecule has 28 heavy (non-hydrogen) atoms. The van der Waals surface area contributed by atoms with E-state index in [-0.39, 0.29) is 11.9 Å². The molecule has 1 heterocycles. The molecule has 5 rings (SSSR count). The molecule has 1 aliphatic rings. The molecular weight excluding hydrogens is 344 g/mol. The average Bonchev–Trinajstić information content (AvgIpc) is 3.18. The molecule has 0 aliphatic carbocycles. The van der Waals surface area contributed by atoms with E-state index < -0.39 is 0 Å². The first kappa shape index (κ1) is 16.7. The zero-order chi connectivity index (χ0) is 19.1. The second-order valence-corrected chi connectivity index (χ2v) is 7.23. The Labute approximate surface area is 163 Å². The van der Waals surface area contributed by atoms with E-state index in [9.17, 15) is 4.79 Å². The largest absolute Gasteiger partial charge is 0.273 e. The molecule has 1 atom stereocenters. The van der Waals surface area contributed by atoms with Gasteiger partial charge < -0.3 is 0 Å². The summed E-state index contributed by atoms with van der Waals surface area (Å²) in [6.45, 7) is 1.59. The Morgan fingerprint density at radius 2 is 1.43 bits per heavy atom. The van der Waals surface area contributed by atoms with Crippen molar-refractivity contribution in [1.82, 2.24) is 5.01 Å². The van der Waals surface area contributed by atoms with Crippen LogP contribution >= 0.6 is 0 Å². The van der Waals surface area contributed by atoms with Gasteiger partial charge in [-0.1, -0.05) is 78.9 Å². The van der Waals surface area contributed by atoms with Crippen molar-refractivity contribution < 1.29 is 4.79 Å². The van der Waals surface area contributed by atoms with Gasteiger partial charge in [-0.15, -0.1) is 0 Å². The molecule has 1 unspecified atom stereocenters. The predicted octanol–water partition coefficient (Wildman–Crippen LogP) is 5.69. The molecule has 1 aliphatic heterocycles. The van der Waals surface area contributed by atoms with Gasteiger partial charge in [-0.2, -0.15) is 5.10 Å². The van der Waals surface area contributed by atoms with E-state index in [1.807, 2.05) is 18.2 Å². The third-order valence-electron chi connectivity index (χ3n) is 5.48. The van der Waals surface area contributed by atoms with Gasteiger partial charge in [-0.05, 0) is 33.2 Å². The highest BCUT2D eigenvalue weighted by molar-refractivity contribution is 6.21. The third kappa shape index (κ3) is 2.67. The molecule has 3 heteroatoms. The summed E-state index contributed by atoms with van der Waals surface area (Å²) in [7, 11) is 0. The number of carbonyl (C=O) groups excluding carboxylic acids is 1. The van der Waals surface area contributed by atoms with Crippen LogP contribution in [0.15, 0.2) is 90.0 Å². The topological polar surface area (TPSA) is 32.7 Å². The molecule has 136 valence electrons. The SMILES string of the molecule is CC(=O)N1N=C(c2c3ccccc3cc3ccccc23)CC1c1ccccc1. The van der Waals surface area contributed by atoms with Crippen LogP contribution in [0.5, 0.6) is 0 Å². The molecule has 0 aromatic heterocycles. The van der Waals surface area contributed by atoms with Crippen molar-refractivity contribution >= 4 is 33.2 Å². The van der Waals surface area contributed by atoms with E-state index in [1.54, 1.807) is 11.9 Å². The number of benzene rings is 4. The summed E-state index contributed by atoms with van der Waals surface area (Å²) in [6.07, 6.45) is 0.710. The van der Waals surface area contributed by atoms with Crippen molar-refractivity contribution in [3.05, 3.63) is 96.1 Å². The van der Waals surface area contributed by atoms with Crippen LogP contribution < -0.4 is 0 Å². The lowest BCUT2D eigenvalue weighted by Crippen LogP contribution is -2.24. The number of fused-ring (bicyclic) bond motifs is 2. The predicted molar refractivity (Wildman–Crippen MR) is 114 cm³/mol. The van der Waals surface area contributed by atoms with E-state index in [4.69, 9.17) is 5.10 Å².